The summed E-state index contributed by atoms with van der Waals surface area (Å²) in [5.74, 6) is 0.749. The lowest BCUT2D eigenvalue weighted by Gasteiger charge is -2.16. The fraction of sp³-hybridized carbons (Fsp3) is 0.333. The molecule has 0 fully saturated rings. The second kappa shape index (κ2) is 5.75. The van der Waals surface area contributed by atoms with Gasteiger partial charge in [0.2, 0.25) is 5.95 Å². The predicted octanol–water partition coefficient (Wildman–Crippen LogP) is 1.99. The molecular weight excluding hydrogens is 232 g/mol. The van der Waals surface area contributed by atoms with E-state index in [2.05, 4.69) is 21.4 Å². The van der Waals surface area contributed by atoms with E-state index in [1.54, 1.807) is 11.3 Å². The molecule has 0 aliphatic heterocycles. The monoisotopic (exact) mass is 248 g/mol. The molecule has 0 aliphatic carbocycles. The molecule has 2 N–H and O–H groups in total. The minimum atomic E-state index is 0.692. The summed E-state index contributed by atoms with van der Waals surface area (Å²) in [6.45, 7) is 1.58. The van der Waals surface area contributed by atoms with Gasteiger partial charge in [0.15, 0.2) is 0 Å². The number of nitrogens with zero attached hydrogens (tertiary/aromatic N) is 3. The lowest BCUT2D eigenvalue weighted by atomic mass is 10.3. The molecule has 2 aromatic heterocycles. The van der Waals surface area contributed by atoms with Crippen molar-refractivity contribution >= 4 is 17.3 Å². The summed E-state index contributed by atoms with van der Waals surface area (Å²) >= 11 is 1.69. The maximum absolute atomic E-state index is 5.48. The molecule has 17 heavy (non-hydrogen) atoms. The zero-order chi connectivity index (χ0) is 12.1. The van der Waals surface area contributed by atoms with E-state index in [1.165, 1.54) is 4.88 Å². The molecule has 0 amide bonds. The standard InChI is InChI=1S/C12H16N4S/c1-16(6-3-5-13)12-14-8-10(9-15-12)11-4-2-7-17-11/h2,4,7-9H,3,5-6,13H2,1H3. The first-order valence-electron chi connectivity index (χ1n) is 5.58. The van der Waals surface area contributed by atoms with Gasteiger partial charge in [0, 0.05) is 36.4 Å². The third kappa shape index (κ3) is 3.01. The van der Waals surface area contributed by atoms with Gasteiger partial charge in [-0.05, 0) is 24.4 Å². The van der Waals surface area contributed by atoms with E-state index >= 15 is 0 Å². The van der Waals surface area contributed by atoms with Gasteiger partial charge < -0.3 is 10.6 Å². The summed E-state index contributed by atoms with van der Waals surface area (Å²) < 4.78 is 0. The molecule has 2 aromatic rings. The minimum absolute atomic E-state index is 0.692. The highest BCUT2D eigenvalue weighted by Gasteiger charge is 2.04. The van der Waals surface area contributed by atoms with Crippen molar-refractivity contribution in [1.29, 1.82) is 0 Å². The molecule has 90 valence electrons. The van der Waals surface area contributed by atoms with Gasteiger partial charge in [0.1, 0.15) is 0 Å². The quantitative estimate of drug-likeness (QED) is 0.879. The van der Waals surface area contributed by atoms with E-state index < -0.39 is 0 Å². The first-order chi connectivity index (χ1) is 8.31. The molecular formula is C12H16N4S. The van der Waals surface area contributed by atoms with E-state index in [4.69, 9.17) is 5.73 Å². The first-order valence-corrected chi connectivity index (χ1v) is 6.46. The van der Waals surface area contributed by atoms with Crippen molar-refractivity contribution in [1.82, 2.24) is 9.97 Å². The molecule has 5 heteroatoms. The van der Waals surface area contributed by atoms with Crippen molar-refractivity contribution in [3.8, 4) is 10.4 Å². The molecule has 0 spiro atoms. The van der Waals surface area contributed by atoms with Crippen LogP contribution in [0.5, 0.6) is 0 Å². The average molecular weight is 248 g/mol. The largest absolute Gasteiger partial charge is 0.344 e. The Labute approximate surface area is 105 Å². The third-order valence-electron chi connectivity index (χ3n) is 2.48. The van der Waals surface area contributed by atoms with Crippen LogP contribution in [-0.4, -0.2) is 30.1 Å². The highest BCUT2D eigenvalue weighted by atomic mass is 32.1. The van der Waals surface area contributed by atoms with Gasteiger partial charge >= 0.3 is 0 Å². The minimum Gasteiger partial charge on any atom is -0.344 e. The van der Waals surface area contributed by atoms with Crippen LogP contribution in [0.4, 0.5) is 5.95 Å². The molecule has 0 unspecified atom stereocenters. The Hall–Kier alpha value is -1.46. The lowest BCUT2D eigenvalue weighted by Crippen LogP contribution is -2.22. The third-order valence-corrected chi connectivity index (χ3v) is 3.40. The molecule has 2 heterocycles. The van der Waals surface area contributed by atoms with Gasteiger partial charge in [-0.3, -0.25) is 0 Å². The summed E-state index contributed by atoms with van der Waals surface area (Å²) in [4.78, 5) is 12.0. The van der Waals surface area contributed by atoms with E-state index in [0.29, 0.717) is 6.54 Å². The number of thiophene rings is 1. The van der Waals surface area contributed by atoms with Gasteiger partial charge in [0.25, 0.3) is 0 Å². The maximum atomic E-state index is 5.48. The number of nitrogens with two attached hydrogens (primary N) is 1. The maximum Gasteiger partial charge on any atom is 0.225 e. The van der Waals surface area contributed by atoms with Gasteiger partial charge in [-0.15, -0.1) is 11.3 Å². The van der Waals surface area contributed by atoms with Crippen LogP contribution < -0.4 is 10.6 Å². The van der Waals surface area contributed by atoms with E-state index in [9.17, 15) is 0 Å². The Kier molecular flexibility index (Phi) is 4.06. The smallest absolute Gasteiger partial charge is 0.225 e. The van der Waals surface area contributed by atoms with Gasteiger partial charge in [-0.25, -0.2) is 9.97 Å². The fourth-order valence-electron chi connectivity index (χ4n) is 1.52. The van der Waals surface area contributed by atoms with Crippen molar-refractivity contribution in [2.24, 2.45) is 5.73 Å². The highest BCUT2D eigenvalue weighted by molar-refractivity contribution is 7.13. The number of rotatable bonds is 5. The number of hydrogen-bond acceptors (Lipinski definition) is 5. The summed E-state index contributed by atoms with van der Waals surface area (Å²) in [5, 5.41) is 2.05. The molecule has 0 radical (unpaired) electrons. The van der Waals surface area contributed by atoms with Gasteiger partial charge in [-0.1, -0.05) is 6.07 Å². The molecule has 4 nitrogen and oxygen atoms in total. The zero-order valence-corrected chi connectivity index (χ0v) is 10.7. The predicted molar refractivity (Wildman–Crippen MR) is 72.3 cm³/mol. The first kappa shape index (κ1) is 12.0. The lowest BCUT2D eigenvalue weighted by molar-refractivity contribution is 0.775. The fourth-order valence-corrected chi connectivity index (χ4v) is 2.22. The van der Waals surface area contributed by atoms with Crippen LogP contribution in [0.2, 0.25) is 0 Å². The normalized spacial score (nSPS) is 10.5. The molecule has 0 aliphatic rings. The molecule has 0 saturated heterocycles. The van der Waals surface area contributed by atoms with Gasteiger partial charge in [-0.2, -0.15) is 0 Å². The zero-order valence-electron chi connectivity index (χ0n) is 9.84. The Balaban J connectivity index is 2.08. The van der Waals surface area contributed by atoms with Crippen LogP contribution in [-0.2, 0) is 0 Å². The van der Waals surface area contributed by atoms with Crippen LogP contribution in [0.15, 0.2) is 29.9 Å². The highest BCUT2D eigenvalue weighted by Crippen LogP contribution is 2.23. The molecule has 0 aromatic carbocycles. The molecule has 0 saturated carbocycles. The average Bonchev–Trinajstić information content (AvgIpc) is 2.90. The number of anilines is 1. The topological polar surface area (TPSA) is 55.0 Å². The van der Waals surface area contributed by atoms with Crippen LogP contribution >= 0.6 is 11.3 Å². The summed E-state index contributed by atoms with van der Waals surface area (Å²) in [5.41, 5.74) is 6.54. The van der Waals surface area contributed by atoms with E-state index in [0.717, 1.165) is 24.5 Å². The number of aromatic nitrogens is 2. The van der Waals surface area contributed by atoms with Crippen molar-refractivity contribution in [3.63, 3.8) is 0 Å². The molecule has 0 bridgehead atoms. The summed E-state index contributed by atoms with van der Waals surface area (Å²) in [6, 6.07) is 4.10. The van der Waals surface area contributed by atoms with Crippen molar-refractivity contribution in [2.45, 2.75) is 6.42 Å². The molecule has 2 rings (SSSR count). The Morgan fingerprint density at radius 1 is 1.35 bits per heavy atom. The second-order valence-corrected chi connectivity index (χ2v) is 4.76. The number of hydrogen-bond donors (Lipinski definition) is 1. The Morgan fingerprint density at radius 3 is 2.71 bits per heavy atom. The van der Waals surface area contributed by atoms with Crippen molar-refractivity contribution in [3.05, 3.63) is 29.9 Å². The van der Waals surface area contributed by atoms with E-state index in [1.807, 2.05) is 30.4 Å². The molecule has 0 atom stereocenters. The van der Waals surface area contributed by atoms with Crippen molar-refractivity contribution in [2.75, 3.05) is 25.0 Å². The van der Waals surface area contributed by atoms with Crippen LogP contribution in [0.25, 0.3) is 10.4 Å². The van der Waals surface area contributed by atoms with E-state index in [-0.39, 0.29) is 0 Å². The van der Waals surface area contributed by atoms with Crippen LogP contribution in [0.3, 0.4) is 0 Å². The van der Waals surface area contributed by atoms with Crippen LogP contribution in [0.1, 0.15) is 6.42 Å². The van der Waals surface area contributed by atoms with Crippen molar-refractivity contribution < 1.29 is 0 Å². The van der Waals surface area contributed by atoms with Crippen LogP contribution in [0, 0.1) is 0 Å². The summed E-state index contributed by atoms with van der Waals surface area (Å²) in [7, 11) is 1.98. The Bertz CT molecular complexity index is 438. The Morgan fingerprint density at radius 2 is 2.12 bits per heavy atom. The second-order valence-electron chi connectivity index (χ2n) is 3.81. The van der Waals surface area contributed by atoms with Gasteiger partial charge in [0.05, 0.1) is 0 Å². The summed E-state index contributed by atoms with van der Waals surface area (Å²) in [6.07, 6.45) is 4.69. The SMILES string of the molecule is CN(CCCN)c1ncc(-c2cccs2)cn1.